The first kappa shape index (κ1) is 26.8. The summed E-state index contributed by atoms with van der Waals surface area (Å²) < 4.78 is 18.1. The summed E-state index contributed by atoms with van der Waals surface area (Å²) >= 11 is 0. The van der Waals surface area contributed by atoms with Gasteiger partial charge in [0.15, 0.2) is 6.10 Å². The van der Waals surface area contributed by atoms with Crippen molar-refractivity contribution in [2.75, 3.05) is 33.4 Å². The van der Waals surface area contributed by atoms with E-state index >= 15 is 0 Å². The minimum Gasteiger partial charge on any atom is -0.453 e. The van der Waals surface area contributed by atoms with Gasteiger partial charge in [-0.2, -0.15) is 0 Å². The lowest BCUT2D eigenvalue weighted by molar-refractivity contribution is -0.150. The van der Waals surface area contributed by atoms with Crippen LogP contribution >= 0.6 is 0 Å². The van der Waals surface area contributed by atoms with E-state index in [0.717, 1.165) is 42.3 Å². The summed E-state index contributed by atoms with van der Waals surface area (Å²) in [4.78, 5) is 41.0. The van der Waals surface area contributed by atoms with Gasteiger partial charge in [0.1, 0.15) is 5.60 Å². The number of aromatic nitrogens is 1. The summed E-state index contributed by atoms with van der Waals surface area (Å²) in [6.07, 6.45) is 3.20. The molecule has 0 radical (unpaired) electrons. The van der Waals surface area contributed by atoms with Gasteiger partial charge in [-0.15, -0.1) is 0 Å². The van der Waals surface area contributed by atoms with Gasteiger partial charge in [-0.3, -0.25) is 4.79 Å². The third-order valence-corrected chi connectivity index (χ3v) is 6.51. The summed E-state index contributed by atoms with van der Waals surface area (Å²) in [6, 6.07) is 8.32. The quantitative estimate of drug-likeness (QED) is 0.541. The van der Waals surface area contributed by atoms with Gasteiger partial charge in [-0.1, -0.05) is 18.2 Å². The normalized spacial score (nSPS) is 17.9. The highest BCUT2D eigenvalue weighted by Crippen LogP contribution is 2.32. The molecule has 2 aliphatic rings. The van der Waals surface area contributed by atoms with E-state index in [9.17, 15) is 14.4 Å². The number of fused-ring (bicyclic) bond motifs is 1. The molecule has 1 aromatic carbocycles. The van der Waals surface area contributed by atoms with Gasteiger partial charge in [0.2, 0.25) is 0 Å². The molecular weight excluding hydrogens is 476 g/mol. The Bertz CT molecular complexity index is 1120. The van der Waals surface area contributed by atoms with E-state index in [1.807, 2.05) is 37.8 Å². The van der Waals surface area contributed by atoms with Gasteiger partial charge in [-0.05, 0) is 51.7 Å². The number of nitrogens with one attached hydrogen (secondary N) is 1. The molecule has 4 rings (SSSR count). The van der Waals surface area contributed by atoms with Crippen LogP contribution < -0.4 is 5.32 Å². The third kappa shape index (κ3) is 6.94. The van der Waals surface area contributed by atoms with E-state index in [1.54, 1.807) is 4.90 Å². The molecule has 1 N–H and O–H groups in total. The number of ether oxygens (including phenoxy) is 3. The van der Waals surface area contributed by atoms with E-state index < -0.39 is 23.9 Å². The molecule has 1 aliphatic carbocycles. The number of carbonyl (C=O) groups excluding carboxylic acids is 3. The number of carbonyl (C=O) groups is 3. The SMILES string of the molecule is COC(=O)NCCCn1cc(CN(C(=O)[C@H]2CN(C(=O)OC(C)(C)C)CCO2)C2CC2)c2ccccc21. The second kappa shape index (κ2) is 11.4. The summed E-state index contributed by atoms with van der Waals surface area (Å²) in [5.74, 6) is -0.0881. The highest BCUT2D eigenvalue weighted by atomic mass is 16.6. The van der Waals surface area contributed by atoms with Crippen LogP contribution in [0.3, 0.4) is 0 Å². The Morgan fingerprint density at radius 2 is 1.95 bits per heavy atom. The molecule has 1 saturated heterocycles. The third-order valence-electron chi connectivity index (χ3n) is 6.51. The van der Waals surface area contributed by atoms with Crippen molar-refractivity contribution in [1.82, 2.24) is 19.7 Å². The first-order chi connectivity index (χ1) is 17.7. The fourth-order valence-corrected chi connectivity index (χ4v) is 4.58. The maximum Gasteiger partial charge on any atom is 0.410 e. The predicted molar refractivity (Wildman–Crippen MR) is 138 cm³/mol. The van der Waals surface area contributed by atoms with Crippen LogP contribution in [-0.4, -0.2) is 83.6 Å². The van der Waals surface area contributed by atoms with Crippen LogP contribution in [-0.2, 0) is 32.1 Å². The molecule has 10 nitrogen and oxygen atoms in total. The molecular formula is C27H38N4O6. The van der Waals surface area contributed by atoms with Gasteiger partial charge in [0.05, 0.1) is 20.3 Å². The lowest BCUT2D eigenvalue weighted by Gasteiger charge is -2.35. The van der Waals surface area contributed by atoms with E-state index in [1.165, 1.54) is 7.11 Å². The highest BCUT2D eigenvalue weighted by molar-refractivity contribution is 5.86. The summed E-state index contributed by atoms with van der Waals surface area (Å²) in [5.41, 5.74) is 1.55. The Labute approximate surface area is 217 Å². The molecule has 1 atom stereocenters. The molecule has 0 bridgehead atoms. The first-order valence-corrected chi connectivity index (χ1v) is 12.9. The molecule has 202 valence electrons. The summed E-state index contributed by atoms with van der Waals surface area (Å²) in [6.45, 7) is 8.08. The van der Waals surface area contributed by atoms with Crippen LogP contribution in [0.4, 0.5) is 9.59 Å². The zero-order valence-electron chi connectivity index (χ0n) is 22.2. The largest absolute Gasteiger partial charge is 0.453 e. The number of para-hydroxylation sites is 1. The Hall–Kier alpha value is -3.27. The highest BCUT2D eigenvalue weighted by Gasteiger charge is 2.39. The van der Waals surface area contributed by atoms with Gasteiger partial charge in [0, 0.05) is 49.3 Å². The van der Waals surface area contributed by atoms with Crippen molar-refractivity contribution in [3.63, 3.8) is 0 Å². The van der Waals surface area contributed by atoms with Gasteiger partial charge in [0.25, 0.3) is 5.91 Å². The van der Waals surface area contributed by atoms with Crippen molar-refractivity contribution in [2.24, 2.45) is 0 Å². The van der Waals surface area contributed by atoms with Crippen molar-refractivity contribution in [3.05, 3.63) is 36.0 Å². The fourth-order valence-electron chi connectivity index (χ4n) is 4.58. The molecule has 2 heterocycles. The summed E-state index contributed by atoms with van der Waals surface area (Å²) in [7, 11) is 1.35. The topological polar surface area (TPSA) is 102 Å². The number of nitrogens with zero attached hydrogens (tertiary/aromatic N) is 3. The number of morpholine rings is 1. The monoisotopic (exact) mass is 514 g/mol. The van der Waals surface area contributed by atoms with Crippen LogP contribution in [0, 0.1) is 0 Å². The second-order valence-corrected chi connectivity index (χ2v) is 10.6. The minimum atomic E-state index is -0.709. The molecule has 37 heavy (non-hydrogen) atoms. The van der Waals surface area contributed by atoms with Crippen LogP contribution in [0.1, 0.15) is 45.6 Å². The van der Waals surface area contributed by atoms with Gasteiger partial charge >= 0.3 is 12.2 Å². The van der Waals surface area contributed by atoms with Crippen molar-refractivity contribution in [1.29, 1.82) is 0 Å². The molecule has 10 heteroatoms. The maximum absolute atomic E-state index is 13.6. The number of benzene rings is 1. The van der Waals surface area contributed by atoms with Crippen LogP contribution in [0.5, 0.6) is 0 Å². The number of amides is 3. The number of rotatable bonds is 8. The van der Waals surface area contributed by atoms with Gasteiger partial charge in [-0.25, -0.2) is 9.59 Å². The van der Waals surface area contributed by atoms with Gasteiger partial charge < -0.3 is 33.9 Å². The molecule has 3 amide bonds. The van der Waals surface area contributed by atoms with E-state index in [-0.39, 0.29) is 18.5 Å². The number of aryl methyl sites for hydroxylation is 1. The number of alkyl carbamates (subject to hydrolysis) is 1. The van der Waals surface area contributed by atoms with Crippen LogP contribution in [0.2, 0.25) is 0 Å². The standard InChI is InChI=1S/C27H38N4O6/c1-27(2,3)37-26(34)30-14-15-36-23(18-30)24(32)31(20-10-11-20)17-19-16-29(13-7-12-28-25(33)35-4)22-9-6-5-8-21(19)22/h5-6,8-9,16,20,23H,7,10-15,17-18H2,1-4H3,(H,28,33)/t23-/m1/s1. The van der Waals surface area contributed by atoms with Crippen molar-refractivity contribution < 1.29 is 28.6 Å². The average molecular weight is 515 g/mol. The Kier molecular flexibility index (Phi) is 8.26. The number of hydrogen-bond acceptors (Lipinski definition) is 6. The molecule has 2 aromatic rings. The molecule has 1 aromatic heterocycles. The zero-order chi connectivity index (χ0) is 26.6. The van der Waals surface area contributed by atoms with E-state index in [0.29, 0.717) is 26.2 Å². The lowest BCUT2D eigenvalue weighted by Crippen LogP contribution is -2.53. The van der Waals surface area contributed by atoms with Crippen LogP contribution in [0.15, 0.2) is 30.5 Å². The summed E-state index contributed by atoms with van der Waals surface area (Å²) in [5, 5.41) is 3.81. The molecule has 1 saturated carbocycles. The number of hydrogen-bond donors (Lipinski definition) is 1. The molecule has 0 spiro atoms. The Balaban J connectivity index is 1.46. The van der Waals surface area contributed by atoms with Crippen molar-refractivity contribution in [3.8, 4) is 0 Å². The Morgan fingerprint density at radius 1 is 1.19 bits per heavy atom. The van der Waals surface area contributed by atoms with E-state index in [2.05, 4.69) is 33.0 Å². The zero-order valence-corrected chi connectivity index (χ0v) is 22.2. The van der Waals surface area contributed by atoms with Crippen molar-refractivity contribution in [2.45, 2.75) is 70.9 Å². The fraction of sp³-hybridized carbons (Fsp3) is 0.593. The number of methoxy groups -OCH3 is 1. The molecule has 0 unspecified atom stereocenters. The smallest absolute Gasteiger partial charge is 0.410 e. The second-order valence-electron chi connectivity index (χ2n) is 10.6. The lowest BCUT2D eigenvalue weighted by atomic mass is 10.1. The first-order valence-electron chi connectivity index (χ1n) is 12.9. The minimum absolute atomic E-state index is 0.0881. The Morgan fingerprint density at radius 3 is 2.65 bits per heavy atom. The predicted octanol–water partition coefficient (Wildman–Crippen LogP) is 3.51. The molecule has 2 fully saturated rings. The van der Waals surface area contributed by atoms with E-state index in [4.69, 9.17) is 9.47 Å². The average Bonchev–Trinajstić information content (AvgIpc) is 3.66. The van der Waals surface area contributed by atoms with Crippen molar-refractivity contribution >= 4 is 29.0 Å². The molecule has 1 aliphatic heterocycles. The van der Waals surface area contributed by atoms with Crippen LogP contribution in [0.25, 0.3) is 10.9 Å². The maximum atomic E-state index is 13.6.